The average molecular weight is 856 g/mol. The maximum Gasteiger partial charge on any atom is 0.373 e. The van der Waals surface area contributed by atoms with E-state index in [-0.39, 0.29) is 50.4 Å². The van der Waals surface area contributed by atoms with Gasteiger partial charge in [0.25, 0.3) is 0 Å². The topological polar surface area (TPSA) is 162 Å². The van der Waals surface area contributed by atoms with Crippen LogP contribution in [0.4, 0.5) is 0 Å². The van der Waals surface area contributed by atoms with E-state index in [1.807, 2.05) is 59.3 Å². The molecular weight excluding hydrogens is 824 g/mol. The molecule has 6 rings (SSSR count). The molecule has 2 aromatic heterocycles. The highest BCUT2D eigenvalue weighted by atomic mass is 35.5. The second-order valence-electron chi connectivity index (χ2n) is 11.9. The fourth-order valence-corrected chi connectivity index (χ4v) is 8.33. The molecule has 55 heavy (non-hydrogen) atoms. The highest BCUT2D eigenvalue weighted by Gasteiger charge is 2.17. The molecule has 0 spiro atoms. The van der Waals surface area contributed by atoms with Crippen LogP contribution in [0.15, 0.2) is 111 Å². The van der Waals surface area contributed by atoms with Gasteiger partial charge in [-0.25, -0.2) is 26.8 Å². The third-order valence-electron chi connectivity index (χ3n) is 7.85. The van der Waals surface area contributed by atoms with E-state index in [9.17, 15) is 26.4 Å². The number of rotatable bonds is 11. The van der Waals surface area contributed by atoms with E-state index in [4.69, 9.17) is 32.8 Å². The van der Waals surface area contributed by atoms with Gasteiger partial charge in [-0.3, -0.25) is 9.59 Å². The Morgan fingerprint density at radius 1 is 0.673 bits per heavy atom. The van der Waals surface area contributed by atoms with E-state index >= 15 is 0 Å². The standard InChI is InChI=1S/C20H18ClNO3S2.C18H14ClNO3S2.CO2/c1-3-20-22-18(12-26-20)14-6-4-13(5-7-14)10-19(23)16-9-8-15(11-17(16)21)27(2,24)25;1-25(22,23)14-6-7-15(16(19)9-14)18(21)8-12-2-4-13(5-3-12)17-10-24-11-20-17;2-1-3/h4-9,11-12H,3,10H2,1-2H3;2-7,9-11H,8H2,1H3;. The summed E-state index contributed by atoms with van der Waals surface area (Å²) in [6.07, 6.45) is 3.75. The molecule has 4 aromatic carbocycles. The summed E-state index contributed by atoms with van der Waals surface area (Å²) in [4.78, 5) is 50.3. The molecule has 0 bridgehead atoms. The van der Waals surface area contributed by atoms with Gasteiger partial charge < -0.3 is 0 Å². The van der Waals surface area contributed by atoms with E-state index in [0.717, 1.165) is 57.6 Å². The van der Waals surface area contributed by atoms with Gasteiger partial charge in [0.15, 0.2) is 31.2 Å². The second kappa shape index (κ2) is 19.3. The minimum Gasteiger partial charge on any atom is -0.294 e. The summed E-state index contributed by atoms with van der Waals surface area (Å²) in [5, 5.41) is 5.38. The van der Waals surface area contributed by atoms with Crippen molar-refractivity contribution in [2.24, 2.45) is 0 Å². The molecule has 0 aliphatic rings. The third-order valence-corrected chi connectivity index (χ3v) is 12.3. The zero-order valence-electron chi connectivity index (χ0n) is 29.5. The number of carbonyl (C=O) groups excluding carboxylic acids is 4. The lowest BCUT2D eigenvalue weighted by atomic mass is 10.0. The highest BCUT2D eigenvalue weighted by molar-refractivity contribution is 7.91. The van der Waals surface area contributed by atoms with E-state index in [0.29, 0.717) is 11.1 Å². The molecule has 0 unspecified atom stereocenters. The van der Waals surface area contributed by atoms with Gasteiger partial charge >= 0.3 is 6.15 Å². The summed E-state index contributed by atoms with van der Waals surface area (Å²) >= 11 is 15.4. The molecule has 0 fully saturated rings. The quantitative estimate of drug-likeness (QED) is 0.115. The van der Waals surface area contributed by atoms with Gasteiger partial charge in [0, 0.05) is 58.4 Å². The van der Waals surface area contributed by atoms with E-state index in [2.05, 4.69) is 16.9 Å². The van der Waals surface area contributed by atoms with Crippen LogP contribution >= 0.6 is 45.9 Å². The first kappa shape index (κ1) is 43.1. The van der Waals surface area contributed by atoms with E-state index in [1.165, 1.54) is 47.7 Å². The molecule has 0 amide bonds. The lowest BCUT2D eigenvalue weighted by Gasteiger charge is -2.07. The van der Waals surface area contributed by atoms with Crippen LogP contribution in [0, 0.1) is 0 Å². The normalized spacial score (nSPS) is 11.0. The van der Waals surface area contributed by atoms with Crippen molar-refractivity contribution >= 4 is 83.3 Å². The summed E-state index contributed by atoms with van der Waals surface area (Å²) in [6.45, 7) is 2.07. The Labute approximate surface area is 336 Å². The first-order valence-electron chi connectivity index (χ1n) is 16.1. The summed E-state index contributed by atoms with van der Waals surface area (Å²) in [5.74, 6) is -0.318. The molecule has 0 aliphatic heterocycles. The van der Waals surface area contributed by atoms with E-state index < -0.39 is 19.7 Å². The van der Waals surface area contributed by atoms with Gasteiger partial charge in [-0.1, -0.05) is 78.7 Å². The van der Waals surface area contributed by atoms with Crippen LogP contribution in [0.2, 0.25) is 10.0 Å². The monoisotopic (exact) mass is 854 g/mol. The van der Waals surface area contributed by atoms with Gasteiger partial charge in [0.1, 0.15) is 0 Å². The van der Waals surface area contributed by atoms with Crippen LogP contribution in [-0.2, 0) is 48.5 Å². The van der Waals surface area contributed by atoms with Crippen molar-refractivity contribution in [2.75, 3.05) is 12.5 Å². The summed E-state index contributed by atoms with van der Waals surface area (Å²) in [5.41, 5.74) is 7.97. The number of carbonyl (C=O) groups is 2. The fourth-order valence-electron chi connectivity index (χ4n) is 5.01. The van der Waals surface area contributed by atoms with Crippen LogP contribution < -0.4 is 0 Å². The lowest BCUT2D eigenvalue weighted by Crippen LogP contribution is -2.06. The maximum absolute atomic E-state index is 12.5. The molecule has 10 nitrogen and oxygen atoms in total. The summed E-state index contributed by atoms with van der Waals surface area (Å²) in [7, 11) is -6.71. The molecule has 0 saturated heterocycles. The van der Waals surface area contributed by atoms with Crippen LogP contribution in [0.25, 0.3) is 22.5 Å². The number of benzene rings is 4. The number of ketones is 2. The number of thiazole rings is 2. The predicted molar refractivity (Wildman–Crippen MR) is 215 cm³/mol. The third kappa shape index (κ3) is 12.2. The van der Waals surface area contributed by atoms with Crippen molar-refractivity contribution in [2.45, 2.75) is 36.0 Å². The molecule has 2 heterocycles. The molecule has 0 atom stereocenters. The average Bonchev–Trinajstić information content (AvgIpc) is 3.86. The first-order chi connectivity index (χ1) is 26.0. The molecule has 6 aromatic rings. The SMILES string of the molecule is CCc1nc(-c2ccc(CC(=O)c3ccc(S(C)(=O)=O)cc3Cl)cc2)cs1.CS(=O)(=O)c1ccc(C(=O)Cc2ccc(-c3cscn3)cc2)c(Cl)c1.O=C=O. The Morgan fingerprint density at radius 3 is 1.45 bits per heavy atom. The largest absolute Gasteiger partial charge is 0.373 e. The van der Waals surface area contributed by atoms with Crippen LogP contribution in [0.1, 0.15) is 43.8 Å². The zero-order chi connectivity index (χ0) is 40.3. The molecule has 284 valence electrons. The zero-order valence-corrected chi connectivity index (χ0v) is 34.3. The summed E-state index contributed by atoms with van der Waals surface area (Å²) in [6, 6.07) is 23.7. The number of nitrogens with zero attached hydrogens (tertiary/aromatic N) is 2. The van der Waals surface area contributed by atoms with Crippen molar-refractivity contribution in [3.63, 3.8) is 0 Å². The van der Waals surface area contributed by atoms with Crippen molar-refractivity contribution in [1.29, 1.82) is 0 Å². The van der Waals surface area contributed by atoms with Crippen molar-refractivity contribution < 1.29 is 36.0 Å². The van der Waals surface area contributed by atoms with Gasteiger partial charge in [-0.15, -0.1) is 22.7 Å². The van der Waals surface area contributed by atoms with Crippen molar-refractivity contribution in [3.8, 4) is 22.5 Å². The van der Waals surface area contributed by atoms with E-state index in [1.54, 1.807) is 16.8 Å². The van der Waals surface area contributed by atoms with Crippen LogP contribution in [0.5, 0.6) is 0 Å². The smallest absolute Gasteiger partial charge is 0.294 e. The molecule has 0 aliphatic carbocycles. The Kier molecular flexibility index (Phi) is 15.1. The first-order valence-corrected chi connectivity index (χ1v) is 22.5. The molecular formula is C39H32Cl2N2O8S4. The number of halogens is 2. The number of sulfone groups is 2. The Morgan fingerprint density at radius 2 is 1.11 bits per heavy atom. The fraction of sp³-hybridized carbons (Fsp3) is 0.154. The van der Waals surface area contributed by atoms with Gasteiger partial charge in [-0.2, -0.15) is 9.59 Å². The van der Waals surface area contributed by atoms with Crippen LogP contribution in [-0.4, -0.2) is 57.0 Å². The highest BCUT2D eigenvalue weighted by Crippen LogP contribution is 2.26. The van der Waals surface area contributed by atoms with Gasteiger partial charge in [0.05, 0.1) is 41.7 Å². The Bertz CT molecular complexity index is 2550. The maximum atomic E-state index is 12.5. The molecule has 16 heteroatoms. The molecule has 0 N–H and O–H groups in total. The Hall–Kier alpha value is -4.66. The number of hydrogen-bond donors (Lipinski definition) is 0. The minimum absolute atomic E-state index is 0.0988. The number of hydrogen-bond acceptors (Lipinski definition) is 12. The van der Waals surface area contributed by atoms with Crippen molar-refractivity contribution in [1.82, 2.24) is 9.97 Å². The van der Waals surface area contributed by atoms with Gasteiger partial charge in [-0.05, 0) is 53.9 Å². The minimum atomic E-state index is -3.36. The number of Topliss-reactive ketones (excluding diaryl/α,β-unsaturated/α-hetero) is 2. The predicted octanol–water partition coefficient (Wildman–Crippen LogP) is 8.56. The van der Waals surface area contributed by atoms with Gasteiger partial charge in [0.2, 0.25) is 0 Å². The number of aromatic nitrogens is 2. The second-order valence-corrected chi connectivity index (χ2v) is 18.4. The number of aryl methyl sites for hydroxylation is 1. The lowest BCUT2D eigenvalue weighted by molar-refractivity contribution is -0.191. The van der Waals surface area contributed by atoms with Crippen LogP contribution in [0.3, 0.4) is 0 Å². The Balaban J connectivity index is 0.000000229. The van der Waals surface area contributed by atoms with Crippen molar-refractivity contribution in [3.05, 3.63) is 139 Å². The molecule has 0 saturated carbocycles. The summed E-state index contributed by atoms with van der Waals surface area (Å²) < 4.78 is 46.2. The molecule has 0 radical (unpaired) electrons.